The summed E-state index contributed by atoms with van der Waals surface area (Å²) >= 11 is 0. The molecule has 3 saturated carbocycles. The van der Waals surface area contributed by atoms with Crippen LogP contribution >= 0.6 is 0 Å². The van der Waals surface area contributed by atoms with E-state index in [1.54, 1.807) is 13.8 Å². The summed E-state index contributed by atoms with van der Waals surface area (Å²) in [5, 5.41) is 217. The molecule has 6 saturated heterocycles. The second-order valence-electron chi connectivity index (χ2n) is 31.3. The van der Waals surface area contributed by atoms with Gasteiger partial charge < -0.3 is 159 Å². The summed E-state index contributed by atoms with van der Waals surface area (Å²) in [5.41, 5.74) is -2.76. The van der Waals surface area contributed by atoms with Crippen molar-refractivity contribution in [1.29, 1.82) is 0 Å². The van der Waals surface area contributed by atoms with Crippen molar-refractivity contribution < 1.29 is 159 Å². The summed E-state index contributed by atoms with van der Waals surface area (Å²) in [6, 6.07) is 0. The molecule has 4 aliphatic carbocycles. The number of rotatable bonds is 23. The first-order valence-corrected chi connectivity index (χ1v) is 34.9. The van der Waals surface area contributed by atoms with E-state index < -0.39 is 252 Å². The fourth-order valence-electron chi connectivity index (χ4n) is 18.5. The molecule has 10 aliphatic rings. The van der Waals surface area contributed by atoms with Gasteiger partial charge in [-0.05, 0) is 99.7 Å². The van der Waals surface area contributed by atoms with Gasteiger partial charge in [-0.1, -0.05) is 53.2 Å². The largest absolute Gasteiger partial charge is 0.394 e. The third-order valence-electron chi connectivity index (χ3n) is 24.7. The van der Waals surface area contributed by atoms with Gasteiger partial charge in [0.1, 0.15) is 122 Å². The van der Waals surface area contributed by atoms with Gasteiger partial charge in [0.25, 0.3) is 0 Å². The molecular weight excluding hydrogens is 1300 g/mol. The summed E-state index contributed by atoms with van der Waals surface area (Å²) in [4.78, 5) is 0. The molecule has 32 nitrogen and oxygen atoms in total. The van der Waals surface area contributed by atoms with Crippen LogP contribution in [0.15, 0.2) is 11.6 Å². The van der Waals surface area contributed by atoms with Crippen LogP contribution in [0.4, 0.5) is 0 Å². The first kappa shape index (κ1) is 79.0. The van der Waals surface area contributed by atoms with E-state index in [1.807, 2.05) is 13.8 Å². The molecule has 38 atom stereocenters. The Balaban J connectivity index is 0.846. The third kappa shape index (κ3) is 14.9. The van der Waals surface area contributed by atoms with Crippen molar-refractivity contribution >= 4 is 0 Å². The molecule has 0 aromatic carbocycles. The molecular formula is C66H112O32. The van der Waals surface area contributed by atoms with Crippen molar-refractivity contribution in [1.82, 2.24) is 0 Å². The van der Waals surface area contributed by atoms with E-state index in [4.69, 9.17) is 56.8 Å². The van der Waals surface area contributed by atoms with Crippen molar-refractivity contribution in [3.05, 3.63) is 11.6 Å². The number of hydrogen-bond acceptors (Lipinski definition) is 32. The molecule has 0 spiro atoms. The number of fused-ring (bicyclic) bond motifs is 5. The minimum absolute atomic E-state index is 0.0174. The van der Waals surface area contributed by atoms with E-state index in [-0.39, 0.29) is 48.3 Å². The number of aliphatic hydroxyl groups excluding tert-OH is 19. The highest BCUT2D eigenvalue weighted by atomic mass is 16.8. The van der Waals surface area contributed by atoms with E-state index in [2.05, 4.69) is 33.8 Å². The average molecular weight is 1420 g/mol. The van der Waals surface area contributed by atoms with Gasteiger partial charge in [0.05, 0.1) is 75.8 Å². The minimum Gasteiger partial charge on any atom is -0.394 e. The molecule has 0 radical (unpaired) electrons. The van der Waals surface area contributed by atoms with Crippen LogP contribution in [-0.4, -0.2) is 338 Å². The highest BCUT2D eigenvalue weighted by Crippen LogP contribution is 2.75. The Morgan fingerprint density at radius 3 is 1.52 bits per heavy atom. The van der Waals surface area contributed by atoms with Crippen molar-refractivity contribution in [3.8, 4) is 0 Å². The van der Waals surface area contributed by atoms with Gasteiger partial charge in [0.15, 0.2) is 37.7 Å². The van der Waals surface area contributed by atoms with Gasteiger partial charge in [-0.2, -0.15) is 0 Å². The first-order chi connectivity index (χ1) is 46.0. The lowest BCUT2D eigenvalue weighted by molar-refractivity contribution is -0.379. The number of ether oxygens (including phenoxy) is 12. The number of aliphatic hydroxyl groups is 20. The molecule has 6 aliphatic heterocycles. The lowest BCUT2D eigenvalue weighted by Gasteiger charge is -2.67. The van der Waals surface area contributed by atoms with Crippen molar-refractivity contribution in [2.45, 2.75) is 316 Å². The zero-order valence-electron chi connectivity index (χ0n) is 56.9. The second-order valence-corrected chi connectivity index (χ2v) is 31.3. The number of hydrogen-bond donors (Lipinski definition) is 20. The summed E-state index contributed by atoms with van der Waals surface area (Å²) in [7, 11) is 0. The van der Waals surface area contributed by atoms with Crippen LogP contribution in [0.1, 0.15) is 120 Å². The molecule has 98 heavy (non-hydrogen) atoms. The maximum absolute atomic E-state index is 13.0. The average Bonchev–Trinajstić information content (AvgIpc) is 1.30. The summed E-state index contributed by atoms with van der Waals surface area (Å²) in [5.74, 6) is -0.142. The predicted octanol–water partition coefficient (Wildman–Crippen LogP) is -5.53. The molecule has 9 fully saturated rings. The lowest BCUT2D eigenvalue weighted by atomic mass is 9.38. The highest BCUT2D eigenvalue weighted by Gasteiger charge is 2.71. The zero-order chi connectivity index (χ0) is 71.8. The van der Waals surface area contributed by atoms with Gasteiger partial charge in [0.2, 0.25) is 0 Å². The normalized spacial score (nSPS) is 51.3. The first-order valence-electron chi connectivity index (χ1n) is 34.9. The Labute approximate surface area is 569 Å². The van der Waals surface area contributed by atoms with Crippen molar-refractivity contribution in [2.75, 3.05) is 39.6 Å². The molecule has 32 heteroatoms. The molecule has 20 N–H and O–H groups in total. The van der Waals surface area contributed by atoms with Crippen LogP contribution in [0.5, 0.6) is 0 Å². The quantitative estimate of drug-likeness (QED) is 0.0424. The van der Waals surface area contributed by atoms with Gasteiger partial charge >= 0.3 is 0 Å². The molecule has 0 aromatic heterocycles. The Morgan fingerprint density at radius 2 is 1.00 bits per heavy atom. The van der Waals surface area contributed by atoms with Crippen LogP contribution < -0.4 is 0 Å². The zero-order valence-corrected chi connectivity index (χ0v) is 56.9. The van der Waals surface area contributed by atoms with Crippen LogP contribution in [0.3, 0.4) is 0 Å². The van der Waals surface area contributed by atoms with E-state index in [0.29, 0.717) is 32.1 Å². The second kappa shape index (κ2) is 31.1. The van der Waals surface area contributed by atoms with Gasteiger partial charge in [-0.15, -0.1) is 0 Å². The molecule has 0 aromatic rings. The topological polar surface area (TPSA) is 515 Å². The highest BCUT2D eigenvalue weighted by molar-refractivity contribution is 5.32. The fourth-order valence-corrected chi connectivity index (χ4v) is 18.5. The number of allylic oxidation sites excluding steroid dienone is 1. The molecule has 0 bridgehead atoms. The van der Waals surface area contributed by atoms with E-state index in [1.165, 1.54) is 0 Å². The monoisotopic (exact) mass is 1420 g/mol. The summed E-state index contributed by atoms with van der Waals surface area (Å²) in [6.45, 7) is 12.1. The SMILES string of the molecule is CC(CC[C@@H](O[C@@H]1O[C@H](CO[C@@H]2O[C@H](CO)[C@@H](O)[C@H](O)[C@H]2O)[C@@H](O)[C@H](O)[C@H]1OC1C[C@@H](O)C[C@@H](CO)O1)C(C)(C)O)C1CC[C@@]2(C)[C@@H]3CC=C4[C@@H](CC[C@H](O[C@@H]5O[C@H](CO[C@@H]6O[C@H](CO)[C@@H](O)[C@H](O)[C@H]6O)[C@@H](O)[C@H](O)[C@H]5O[C@@H]5O[C@H](CO)[C@@H](O)[C@H](O)[C@H]5O)C4(C)C)[C@]3(C)[C@@H](O)C[C@]12C. The van der Waals surface area contributed by atoms with Crippen LogP contribution in [0.25, 0.3) is 0 Å². The Kier molecular flexibility index (Phi) is 25.1. The van der Waals surface area contributed by atoms with Crippen LogP contribution in [-0.2, 0) is 56.8 Å². The molecule has 3 unspecified atom stereocenters. The molecule has 6 heterocycles. The van der Waals surface area contributed by atoms with E-state index in [0.717, 1.165) is 18.4 Å². The smallest absolute Gasteiger partial charge is 0.187 e. The maximum Gasteiger partial charge on any atom is 0.187 e. The van der Waals surface area contributed by atoms with Gasteiger partial charge in [-0.3, -0.25) is 0 Å². The maximum atomic E-state index is 13.0. The van der Waals surface area contributed by atoms with E-state index >= 15 is 0 Å². The van der Waals surface area contributed by atoms with Crippen LogP contribution in [0, 0.1) is 45.3 Å². The Bertz CT molecular complexity index is 2600. The predicted molar refractivity (Wildman–Crippen MR) is 330 cm³/mol. The Hall–Kier alpha value is -1.54. The lowest BCUT2D eigenvalue weighted by Crippen LogP contribution is -2.66. The summed E-state index contributed by atoms with van der Waals surface area (Å²) < 4.78 is 72.7. The van der Waals surface area contributed by atoms with Crippen molar-refractivity contribution in [3.63, 3.8) is 0 Å². The molecule has 10 rings (SSSR count). The standard InChI is InChI=1S/C66H112O32/c1-26(9-13-40(63(4,5)86)96-60-55(97-41-18-27(71)17-28(20-67)89-41)50(81)45(76)35(93-60)24-87-57-52(83)47(78)42(73)32(21-68)90-57)29-15-16-64(6)37-12-10-30-31(66(37,8)38(72)19-65(29,64)7)11-14-39(62(30,2)3)95-61-56(98-59-54(85)49(80)44(75)34(23-70)92-59)51(82)46(77)36(94-61)25-88-58-53(84)48(79)43(74)33(22-69)91-58/h10,26-29,31-61,67-86H,9,11-25H2,1-8H3/t26?,27-,28-,29?,31+,32+,33+,34+,35+,36+,37-,38-,39-,40+,41?,42+,43+,44+,45+,46+,47-,48-,49-,50-,51-,52+,53+,54+,55+,56+,57+,58+,59-,60-,61-,64-,65+,66-/m0/s1. The fraction of sp³-hybridized carbons (Fsp3) is 0.970. The van der Waals surface area contributed by atoms with Crippen LogP contribution in [0.2, 0.25) is 0 Å². The van der Waals surface area contributed by atoms with Crippen molar-refractivity contribution in [2.24, 2.45) is 45.3 Å². The molecule has 0 amide bonds. The third-order valence-corrected chi connectivity index (χ3v) is 24.7. The van der Waals surface area contributed by atoms with Gasteiger partial charge in [-0.25, -0.2) is 0 Å². The Morgan fingerprint density at radius 1 is 0.510 bits per heavy atom. The van der Waals surface area contributed by atoms with E-state index in [9.17, 15) is 102 Å². The minimum atomic E-state index is -1.93. The summed E-state index contributed by atoms with van der Waals surface area (Å²) in [6.07, 6.45) is -40.8. The molecule has 568 valence electrons. The van der Waals surface area contributed by atoms with Gasteiger partial charge in [0, 0.05) is 23.7 Å².